The third-order valence-corrected chi connectivity index (χ3v) is 4.20. The van der Waals surface area contributed by atoms with Crippen LogP contribution in [0.2, 0.25) is 0 Å². The molecule has 0 N–H and O–H groups in total. The standard InChI is InChI=1S/C23H29NO/c1-4-11-22(16-19(2)3)23(25)24(17-20-12-7-5-8-13-20)18-21-14-9-6-10-15-21/h5-10,12-16,22H,4,11,17-18H2,1-3H3. The third-order valence-electron chi connectivity index (χ3n) is 4.20. The van der Waals surface area contributed by atoms with Gasteiger partial charge in [-0.2, -0.15) is 0 Å². The maximum atomic E-state index is 13.3. The van der Waals surface area contributed by atoms with Gasteiger partial charge in [-0.05, 0) is 31.4 Å². The summed E-state index contributed by atoms with van der Waals surface area (Å²) in [5.41, 5.74) is 3.53. The number of benzene rings is 2. The normalized spacial score (nSPS) is 11.6. The molecule has 2 nitrogen and oxygen atoms in total. The molecule has 132 valence electrons. The monoisotopic (exact) mass is 335 g/mol. The summed E-state index contributed by atoms with van der Waals surface area (Å²) in [7, 11) is 0. The Bertz CT molecular complexity index is 630. The maximum absolute atomic E-state index is 13.3. The zero-order valence-electron chi connectivity index (χ0n) is 15.6. The first-order valence-electron chi connectivity index (χ1n) is 9.11. The number of allylic oxidation sites excluding steroid dienone is 1. The summed E-state index contributed by atoms with van der Waals surface area (Å²) in [6.07, 6.45) is 4.02. The first kappa shape index (κ1) is 19.0. The van der Waals surface area contributed by atoms with Crippen molar-refractivity contribution >= 4 is 5.91 Å². The van der Waals surface area contributed by atoms with Crippen LogP contribution in [0, 0.1) is 5.92 Å². The zero-order valence-corrected chi connectivity index (χ0v) is 15.6. The van der Waals surface area contributed by atoms with Crippen molar-refractivity contribution in [2.24, 2.45) is 5.92 Å². The Morgan fingerprint density at radius 2 is 1.40 bits per heavy atom. The average molecular weight is 335 g/mol. The van der Waals surface area contributed by atoms with E-state index in [1.807, 2.05) is 41.3 Å². The molecule has 0 saturated carbocycles. The molecule has 1 unspecified atom stereocenters. The quantitative estimate of drug-likeness (QED) is 0.575. The van der Waals surface area contributed by atoms with Gasteiger partial charge in [0, 0.05) is 13.1 Å². The summed E-state index contributed by atoms with van der Waals surface area (Å²) in [6, 6.07) is 20.5. The lowest BCUT2D eigenvalue weighted by atomic mass is 9.98. The number of hydrogen-bond donors (Lipinski definition) is 0. The van der Waals surface area contributed by atoms with Crippen molar-refractivity contribution in [3.05, 3.63) is 83.4 Å². The summed E-state index contributed by atoms with van der Waals surface area (Å²) in [5.74, 6) is 0.179. The van der Waals surface area contributed by atoms with Crippen LogP contribution in [0.4, 0.5) is 0 Å². The molecule has 2 rings (SSSR count). The van der Waals surface area contributed by atoms with Gasteiger partial charge < -0.3 is 4.90 Å². The van der Waals surface area contributed by atoms with Crippen molar-refractivity contribution in [3.8, 4) is 0 Å². The van der Waals surface area contributed by atoms with Gasteiger partial charge in [-0.25, -0.2) is 0 Å². The Labute approximate surface area is 152 Å². The van der Waals surface area contributed by atoms with Crippen molar-refractivity contribution < 1.29 is 4.79 Å². The van der Waals surface area contributed by atoms with E-state index in [0.29, 0.717) is 13.1 Å². The van der Waals surface area contributed by atoms with Gasteiger partial charge >= 0.3 is 0 Å². The van der Waals surface area contributed by atoms with Crippen molar-refractivity contribution in [1.29, 1.82) is 0 Å². The highest BCUT2D eigenvalue weighted by Gasteiger charge is 2.22. The number of hydrogen-bond acceptors (Lipinski definition) is 1. The van der Waals surface area contributed by atoms with E-state index < -0.39 is 0 Å². The minimum atomic E-state index is -0.0394. The molecule has 0 fully saturated rings. The Hall–Kier alpha value is -2.35. The number of rotatable bonds is 8. The van der Waals surface area contributed by atoms with Crippen LogP contribution >= 0.6 is 0 Å². The molecule has 2 heteroatoms. The first-order chi connectivity index (χ1) is 12.1. The molecule has 2 aromatic rings. The maximum Gasteiger partial charge on any atom is 0.230 e. The van der Waals surface area contributed by atoms with Crippen LogP contribution in [0.15, 0.2) is 72.3 Å². The van der Waals surface area contributed by atoms with Crippen molar-refractivity contribution in [1.82, 2.24) is 4.90 Å². The fourth-order valence-electron chi connectivity index (χ4n) is 3.05. The van der Waals surface area contributed by atoms with E-state index in [1.165, 1.54) is 16.7 Å². The Balaban J connectivity index is 2.25. The summed E-state index contributed by atoms with van der Waals surface area (Å²) >= 11 is 0. The summed E-state index contributed by atoms with van der Waals surface area (Å²) < 4.78 is 0. The molecule has 0 bridgehead atoms. The molecule has 0 spiro atoms. The van der Waals surface area contributed by atoms with E-state index in [0.717, 1.165) is 12.8 Å². The summed E-state index contributed by atoms with van der Waals surface area (Å²) in [6.45, 7) is 7.55. The van der Waals surface area contributed by atoms with Gasteiger partial charge in [0.05, 0.1) is 5.92 Å². The predicted octanol–water partition coefficient (Wildman–Crippen LogP) is 5.60. The molecule has 2 aromatic carbocycles. The average Bonchev–Trinajstić information content (AvgIpc) is 2.61. The minimum Gasteiger partial charge on any atom is -0.334 e. The number of carbonyl (C=O) groups excluding carboxylic acids is 1. The highest BCUT2D eigenvalue weighted by atomic mass is 16.2. The molecule has 0 aromatic heterocycles. The van der Waals surface area contributed by atoms with Gasteiger partial charge in [-0.1, -0.05) is 85.7 Å². The minimum absolute atomic E-state index is 0.0394. The molecule has 0 radical (unpaired) electrons. The number of amides is 1. The topological polar surface area (TPSA) is 20.3 Å². The molecule has 0 saturated heterocycles. The van der Waals surface area contributed by atoms with Gasteiger partial charge in [0.25, 0.3) is 0 Å². The van der Waals surface area contributed by atoms with E-state index in [4.69, 9.17) is 0 Å². The highest BCUT2D eigenvalue weighted by Crippen LogP contribution is 2.19. The molecule has 1 amide bonds. The number of carbonyl (C=O) groups is 1. The second-order valence-corrected chi connectivity index (χ2v) is 6.80. The second kappa shape index (κ2) is 9.83. The largest absolute Gasteiger partial charge is 0.334 e. The SMILES string of the molecule is CCCC(C=C(C)C)C(=O)N(Cc1ccccc1)Cc1ccccc1. The Kier molecular flexibility index (Phi) is 7.46. The van der Waals surface area contributed by atoms with Crippen molar-refractivity contribution in [3.63, 3.8) is 0 Å². The highest BCUT2D eigenvalue weighted by molar-refractivity contribution is 5.80. The fraction of sp³-hybridized carbons (Fsp3) is 0.348. The van der Waals surface area contributed by atoms with E-state index in [9.17, 15) is 4.79 Å². The van der Waals surface area contributed by atoms with E-state index >= 15 is 0 Å². The van der Waals surface area contributed by atoms with E-state index in [2.05, 4.69) is 51.1 Å². The van der Waals surface area contributed by atoms with Crippen LogP contribution in [0.3, 0.4) is 0 Å². The summed E-state index contributed by atoms with van der Waals surface area (Å²) in [5, 5.41) is 0. The lowest BCUT2D eigenvalue weighted by Gasteiger charge is -2.27. The van der Waals surface area contributed by atoms with Crippen LogP contribution in [0.25, 0.3) is 0 Å². The van der Waals surface area contributed by atoms with Crippen LogP contribution in [0.5, 0.6) is 0 Å². The zero-order chi connectivity index (χ0) is 18.1. The lowest BCUT2D eigenvalue weighted by Crippen LogP contribution is -2.34. The molecular weight excluding hydrogens is 306 g/mol. The molecule has 0 heterocycles. The second-order valence-electron chi connectivity index (χ2n) is 6.80. The van der Waals surface area contributed by atoms with Crippen molar-refractivity contribution in [2.45, 2.75) is 46.7 Å². The van der Waals surface area contributed by atoms with E-state index in [-0.39, 0.29) is 11.8 Å². The van der Waals surface area contributed by atoms with Gasteiger partial charge in [-0.15, -0.1) is 0 Å². The molecule has 0 aliphatic heterocycles. The smallest absolute Gasteiger partial charge is 0.230 e. The predicted molar refractivity (Wildman–Crippen MR) is 105 cm³/mol. The third kappa shape index (κ3) is 6.22. The van der Waals surface area contributed by atoms with Gasteiger partial charge in [0.15, 0.2) is 0 Å². The first-order valence-corrected chi connectivity index (χ1v) is 9.11. The molecule has 1 atom stereocenters. The van der Waals surface area contributed by atoms with Crippen LogP contribution in [0.1, 0.15) is 44.7 Å². The Morgan fingerprint density at radius 1 is 0.920 bits per heavy atom. The molecule has 0 aliphatic carbocycles. The van der Waals surface area contributed by atoms with Gasteiger partial charge in [-0.3, -0.25) is 4.79 Å². The number of nitrogens with zero attached hydrogens (tertiary/aromatic N) is 1. The molecular formula is C23H29NO. The Morgan fingerprint density at radius 3 is 1.80 bits per heavy atom. The van der Waals surface area contributed by atoms with Crippen LogP contribution in [-0.2, 0) is 17.9 Å². The summed E-state index contributed by atoms with van der Waals surface area (Å²) in [4.78, 5) is 15.2. The van der Waals surface area contributed by atoms with Crippen molar-refractivity contribution in [2.75, 3.05) is 0 Å². The van der Waals surface area contributed by atoms with E-state index in [1.54, 1.807) is 0 Å². The van der Waals surface area contributed by atoms with Crippen LogP contribution in [-0.4, -0.2) is 10.8 Å². The lowest BCUT2D eigenvalue weighted by molar-refractivity contribution is -0.135. The van der Waals surface area contributed by atoms with Gasteiger partial charge in [0.2, 0.25) is 5.91 Å². The fourth-order valence-corrected chi connectivity index (χ4v) is 3.05. The molecule has 25 heavy (non-hydrogen) atoms. The molecule has 0 aliphatic rings. The van der Waals surface area contributed by atoms with Gasteiger partial charge in [0.1, 0.15) is 0 Å². The van der Waals surface area contributed by atoms with Crippen LogP contribution < -0.4 is 0 Å².